The van der Waals surface area contributed by atoms with E-state index >= 15 is 0 Å². The average Bonchev–Trinajstić information content (AvgIpc) is 2.69. The summed E-state index contributed by atoms with van der Waals surface area (Å²) in [6, 6.07) is 13.4. The number of quaternary nitrogens is 1. The van der Waals surface area contributed by atoms with E-state index in [0.29, 0.717) is 54.5 Å². The lowest BCUT2D eigenvalue weighted by atomic mass is 10.2. The second kappa shape index (κ2) is 7.63. The zero-order valence-electron chi connectivity index (χ0n) is 15.1. The van der Waals surface area contributed by atoms with Crippen molar-refractivity contribution in [3.05, 3.63) is 69.7 Å². The van der Waals surface area contributed by atoms with Crippen molar-refractivity contribution in [2.45, 2.75) is 11.4 Å². The first-order valence-electron chi connectivity index (χ1n) is 9.01. The number of sulfonamides is 1. The SMILES string of the molecule is O=c1[nH]c(C[NH+]2CCN(S(=O)(=O)c3ccc(Cl)cc3)CC2)nc2ccccc12. The van der Waals surface area contributed by atoms with E-state index in [2.05, 4.69) is 9.97 Å². The number of nitrogens with zero attached hydrogens (tertiary/aromatic N) is 2. The summed E-state index contributed by atoms with van der Waals surface area (Å²) in [6.07, 6.45) is 0. The number of H-pyrrole nitrogens is 1. The molecule has 2 N–H and O–H groups in total. The number of rotatable bonds is 4. The van der Waals surface area contributed by atoms with Crippen LogP contribution in [0.5, 0.6) is 0 Å². The minimum atomic E-state index is -3.52. The van der Waals surface area contributed by atoms with Crippen LogP contribution in [0.2, 0.25) is 5.02 Å². The Kier molecular flexibility index (Phi) is 5.20. The van der Waals surface area contributed by atoms with Gasteiger partial charge in [0.1, 0.15) is 6.54 Å². The summed E-state index contributed by atoms with van der Waals surface area (Å²) in [6.45, 7) is 2.66. The van der Waals surface area contributed by atoms with Gasteiger partial charge in [0, 0.05) is 5.02 Å². The normalized spacial score (nSPS) is 16.5. The third-order valence-corrected chi connectivity index (χ3v) is 7.13. The van der Waals surface area contributed by atoms with Crippen LogP contribution in [0, 0.1) is 0 Å². The first-order chi connectivity index (χ1) is 13.4. The third-order valence-electron chi connectivity index (χ3n) is 4.96. The maximum atomic E-state index is 12.8. The van der Waals surface area contributed by atoms with Crippen LogP contribution in [0.4, 0.5) is 0 Å². The van der Waals surface area contributed by atoms with Crippen molar-refractivity contribution in [3.63, 3.8) is 0 Å². The van der Waals surface area contributed by atoms with Gasteiger partial charge in [0.2, 0.25) is 10.0 Å². The van der Waals surface area contributed by atoms with Gasteiger partial charge in [0.25, 0.3) is 5.56 Å². The lowest BCUT2D eigenvalue weighted by Crippen LogP contribution is -3.13. The molecule has 28 heavy (non-hydrogen) atoms. The number of hydrogen-bond acceptors (Lipinski definition) is 4. The predicted molar refractivity (Wildman–Crippen MR) is 107 cm³/mol. The van der Waals surface area contributed by atoms with Crippen LogP contribution in [0.1, 0.15) is 5.82 Å². The van der Waals surface area contributed by atoms with Crippen LogP contribution in [-0.2, 0) is 16.6 Å². The van der Waals surface area contributed by atoms with Gasteiger partial charge in [-0.1, -0.05) is 23.7 Å². The summed E-state index contributed by atoms with van der Waals surface area (Å²) in [4.78, 5) is 21.0. The van der Waals surface area contributed by atoms with E-state index in [9.17, 15) is 13.2 Å². The fraction of sp³-hybridized carbons (Fsp3) is 0.263. The summed E-state index contributed by atoms with van der Waals surface area (Å²) in [5, 5.41) is 1.07. The van der Waals surface area contributed by atoms with Gasteiger partial charge in [0.05, 0.1) is 42.0 Å². The van der Waals surface area contributed by atoms with E-state index in [0.717, 1.165) is 0 Å². The van der Waals surface area contributed by atoms with Crippen molar-refractivity contribution >= 4 is 32.5 Å². The Morgan fingerprint density at radius 1 is 1.07 bits per heavy atom. The summed E-state index contributed by atoms with van der Waals surface area (Å²) in [7, 11) is -3.52. The van der Waals surface area contributed by atoms with Gasteiger partial charge in [-0.25, -0.2) is 13.4 Å². The van der Waals surface area contributed by atoms with Gasteiger partial charge >= 0.3 is 0 Å². The molecule has 0 unspecified atom stereocenters. The standard InChI is InChI=1S/C19H19ClN4O3S/c20-14-5-7-15(8-6-14)28(26,27)24-11-9-23(10-12-24)13-18-21-17-4-2-1-3-16(17)19(25)22-18/h1-8H,9-13H2,(H,21,22,25)/p+1. The number of para-hydroxylation sites is 1. The highest BCUT2D eigenvalue weighted by atomic mass is 35.5. The van der Waals surface area contributed by atoms with Gasteiger partial charge in [-0.2, -0.15) is 4.31 Å². The van der Waals surface area contributed by atoms with E-state index in [1.165, 1.54) is 21.3 Å². The maximum absolute atomic E-state index is 12.8. The Bertz CT molecular complexity index is 1150. The minimum Gasteiger partial charge on any atom is -0.326 e. The van der Waals surface area contributed by atoms with Gasteiger partial charge in [-0.3, -0.25) is 4.79 Å². The smallest absolute Gasteiger partial charge is 0.258 e. The molecule has 9 heteroatoms. The molecule has 0 spiro atoms. The van der Waals surface area contributed by atoms with Crippen LogP contribution >= 0.6 is 11.6 Å². The molecule has 4 rings (SSSR count). The maximum Gasteiger partial charge on any atom is 0.258 e. The molecule has 1 saturated heterocycles. The van der Waals surface area contributed by atoms with Crippen molar-refractivity contribution in [2.75, 3.05) is 26.2 Å². The van der Waals surface area contributed by atoms with E-state index in [-0.39, 0.29) is 10.5 Å². The second-order valence-corrected chi connectivity index (χ2v) is 9.19. The zero-order chi connectivity index (χ0) is 19.7. The molecule has 2 heterocycles. The zero-order valence-corrected chi connectivity index (χ0v) is 16.6. The highest BCUT2D eigenvalue weighted by molar-refractivity contribution is 7.89. The number of benzene rings is 2. The van der Waals surface area contributed by atoms with Gasteiger partial charge in [-0.05, 0) is 36.4 Å². The molecule has 1 aliphatic rings. The largest absolute Gasteiger partial charge is 0.326 e. The number of fused-ring (bicyclic) bond motifs is 1. The summed E-state index contributed by atoms with van der Waals surface area (Å²) < 4.78 is 27.0. The van der Waals surface area contributed by atoms with Gasteiger partial charge in [0.15, 0.2) is 5.82 Å². The molecule has 1 fully saturated rings. The number of halogens is 1. The molecule has 0 bridgehead atoms. The van der Waals surface area contributed by atoms with Crippen LogP contribution in [-0.4, -0.2) is 48.9 Å². The van der Waals surface area contributed by atoms with E-state index in [4.69, 9.17) is 11.6 Å². The summed E-state index contributed by atoms with van der Waals surface area (Å²) in [5.74, 6) is 0.618. The molecule has 0 atom stereocenters. The predicted octanol–water partition coefficient (Wildman–Crippen LogP) is 0.666. The van der Waals surface area contributed by atoms with Crippen LogP contribution in [0.15, 0.2) is 58.2 Å². The molecule has 2 aromatic carbocycles. The highest BCUT2D eigenvalue weighted by Crippen LogP contribution is 2.18. The van der Waals surface area contributed by atoms with Crippen LogP contribution in [0.25, 0.3) is 10.9 Å². The highest BCUT2D eigenvalue weighted by Gasteiger charge is 2.30. The van der Waals surface area contributed by atoms with Gasteiger partial charge < -0.3 is 9.88 Å². The van der Waals surface area contributed by atoms with Crippen molar-refractivity contribution in [1.29, 1.82) is 0 Å². The number of aromatic amines is 1. The Balaban J connectivity index is 1.44. The van der Waals surface area contributed by atoms with Crippen molar-refractivity contribution in [1.82, 2.24) is 14.3 Å². The van der Waals surface area contributed by atoms with Crippen LogP contribution in [0.3, 0.4) is 0 Å². The molecule has 0 amide bonds. The fourth-order valence-corrected chi connectivity index (χ4v) is 5.00. The number of hydrogen-bond donors (Lipinski definition) is 2. The van der Waals surface area contributed by atoms with Crippen LogP contribution < -0.4 is 10.5 Å². The Hall–Kier alpha value is -2.26. The average molecular weight is 420 g/mol. The molecule has 0 radical (unpaired) electrons. The summed E-state index contributed by atoms with van der Waals surface area (Å²) >= 11 is 5.85. The van der Waals surface area contributed by atoms with Gasteiger partial charge in [-0.15, -0.1) is 0 Å². The molecule has 146 valence electrons. The topological polar surface area (TPSA) is 87.6 Å². The minimum absolute atomic E-state index is 0.149. The third kappa shape index (κ3) is 3.81. The lowest BCUT2D eigenvalue weighted by Gasteiger charge is -2.31. The molecular formula is C19H20ClN4O3S+. The Labute approximate surface area is 167 Å². The Morgan fingerprint density at radius 3 is 2.46 bits per heavy atom. The Morgan fingerprint density at radius 2 is 1.75 bits per heavy atom. The monoisotopic (exact) mass is 419 g/mol. The second-order valence-electron chi connectivity index (χ2n) is 6.81. The number of nitrogens with one attached hydrogen (secondary N) is 2. The van der Waals surface area contributed by atoms with E-state index < -0.39 is 10.0 Å². The van der Waals surface area contributed by atoms with E-state index in [1.807, 2.05) is 18.2 Å². The molecule has 3 aromatic rings. The molecule has 0 saturated carbocycles. The first kappa shape index (κ1) is 19.1. The van der Waals surface area contributed by atoms with Crippen molar-refractivity contribution in [2.24, 2.45) is 0 Å². The molecule has 0 aliphatic carbocycles. The quantitative estimate of drug-likeness (QED) is 0.650. The molecule has 1 aliphatic heterocycles. The van der Waals surface area contributed by atoms with Crippen molar-refractivity contribution < 1.29 is 13.3 Å². The fourth-order valence-electron chi connectivity index (χ4n) is 3.43. The number of piperazine rings is 1. The lowest BCUT2D eigenvalue weighted by molar-refractivity contribution is -0.917. The number of aromatic nitrogens is 2. The summed E-state index contributed by atoms with van der Waals surface area (Å²) in [5.41, 5.74) is 0.522. The first-order valence-corrected chi connectivity index (χ1v) is 10.8. The van der Waals surface area contributed by atoms with Crippen molar-refractivity contribution in [3.8, 4) is 0 Å². The molecule has 1 aromatic heterocycles. The van der Waals surface area contributed by atoms with E-state index in [1.54, 1.807) is 18.2 Å². The molecular weight excluding hydrogens is 400 g/mol. The molecule has 7 nitrogen and oxygen atoms in total.